The van der Waals surface area contributed by atoms with Gasteiger partial charge in [0.25, 0.3) is 5.91 Å². The fraction of sp³-hybridized carbons (Fsp3) is 0.333. The Kier molecular flexibility index (Phi) is 5.20. The Morgan fingerprint density at radius 1 is 1.39 bits per heavy atom. The summed E-state index contributed by atoms with van der Waals surface area (Å²) in [5.74, 6) is -2.21. The number of benzene rings is 1. The van der Waals surface area contributed by atoms with E-state index < -0.39 is 29.6 Å². The van der Waals surface area contributed by atoms with Crippen LogP contribution in [0, 0.1) is 11.6 Å². The lowest BCUT2D eigenvalue weighted by Gasteiger charge is -2.27. The van der Waals surface area contributed by atoms with Gasteiger partial charge >= 0.3 is 6.03 Å². The number of rotatable bonds is 4. The van der Waals surface area contributed by atoms with E-state index in [1.807, 2.05) is 6.92 Å². The first-order valence-corrected chi connectivity index (χ1v) is 7.41. The molecule has 0 aromatic heterocycles. The van der Waals surface area contributed by atoms with Crippen LogP contribution in [-0.2, 0) is 11.3 Å². The van der Waals surface area contributed by atoms with E-state index in [2.05, 4.69) is 16.0 Å². The molecule has 1 aliphatic heterocycles. The molecule has 1 heterocycles. The van der Waals surface area contributed by atoms with Crippen molar-refractivity contribution in [1.82, 2.24) is 16.0 Å². The summed E-state index contributed by atoms with van der Waals surface area (Å²) < 4.78 is 27.5. The second-order valence-electron chi connectivity index (χ2n) is 5.10. The first kappa shape index (κ1) is 17.2. The van der Waals surface area contributed by atoms with Crippen molar-refractivity contribution in [2.75, 3.05) is 0 Å². The summed E-state index contributed by atoms with van der Waals surface area (Å²) in [7, 11) is 0. The first-order chi connectivity index (χ1) is 10.8. The van der Waals surface area contributed by atoms with Gasteiger partial charge in [-0.25, -0.2) is 13.6 Å². The SMILES string of the molecule is CC[C@H]1NC(=O)NC(C)=C1C(=O)NCc1c(F)ccc(Cl)c1F. The summed E-state index contributed by atoms with van der Waals surface area (Å²) in [5, 5.41) is 7.37. The van der Waals surface area contributed by atoms with Crippen LogP contribution in [0.3, 0.4) is 0 Å². The van der Waals surface area contributed by atoms with Crippen LogP contribution in [0.5, 0.6) is 0 Å². The van der Waals surface area contributed by atoms with Crippen molar-refractivity contribution in [3.63, 3.8) is 0 Å². The van der Waals surface area contributed by atoms with E-state index in [0.29, 0.717) is 17.7 Å². The number of carbonyl (C=O) groups excluding carboxylic acids is 2. The van der Waals surface area contributed by atoms with Gasteiger partial charge in [-0.1, -0.05) is 18.5 Å². The van der Waals surface area contributed by atoms with E-state index in [9.17, 15) is 18.4 Å². The molecule has 0 saturated heterocycles. The van der Waals surface area contributed by atoms with E-state index in [0.717, 1.165) is 12.1 Å². The average Bonchev–Trinajstić information content (AvgIpc) is 2.50. The minimum Gasteiger partial charge on any atom is -0.348 e. The molecule has 1 atom stereocenters. The summed E-state index contributed by atoms with van der Waals surface area (Å²) in [6.45, 7) is 3.06. The van der Waals surface area contributed by atoms with Crippen molar-refractivity contribution in [2.45, 2.75) is 32.9 Å². The topological polar surface area (TPSA) is 70.2 Å². The van der Waals surface area contributed by atoms with Crippen molar-refractivity contribution in [1.29, 1.82) is 0 Å². The highest BCUT2D eigenvalue weighted by Gasteiger charge is 2.28. The quantitative estimate of drug-likeness (QED) is 0.735. The number of hydrogen-bond acceptors (Lipinski definition) is 2. The van der Waals surface area contributed by atoms with Crippen molar-refractivity contribution >= 4 is 23.5 Å². The fourth-order valence-electron chi connectivity index (χ4n) is 2.40. The highest BCUT2D eigenvalue weighted by atomic mass is 35.5. The smallest absolute Gasteiger partial charge is 0.319 e. The Morgan fingerprint density at radius 2 is 2.09 bits per heavy atom. The molecule has 0 unspecified atom stereocenters. The number of hydrogen-bond donors (Lipinski definition) is 3. The molecule has 23 heavy (non-hydrogen) atoms. The normalized spacial score (nSPS) is 17.6. The highest BCUT2D eigenvalue weighted by Crippen LogP contribution is 2.21. The van der Waals surface area contributed by atoms with Gasteiger partial charge in [-0.05, 0) is 25.5 Å². The van der Waals surface area contributed by atoms with Crippen LogP contribution in [0.4, 0.5) is 13.6 Å². The van der Waals surface area contributed by atoms with E-state index in [1.54, 1.807) is 6.92 Å². The van der Waals surface area contributed by atoms with Crippen LogP contribution >= 0.6 is 11.6 Å². The monoisotopic (exact) mass is 343 g/mol. The summed E-state index contributed by atoms with van der Waals surface area (Å²) in [5.41, 5.74) is 0.421. The average molecular weight is 344 g/mol. The van der Waals surface area contributed by atoms with Gasteiger partial charge in [0.2, 0.25) is 0 Å². The molecule has 1 aromatic rings. The molecule has 0 bridgehead atoms. The van der Waals surface area contributed by atoms with Gasteiger partial charge in [0.05, 0.1) is 16.6 Å². The Morgan fingerprint density at radius 3 is 2.74 bits per heavy atom. The van der Waals surface area contributed by atoms with Gasteiger partial charge in [-0.2, -0.15) is 0 Å². The van der Waals surface area contributed by atoms with Crippen LogP contribution in [-0.4, -0.2) is 18.0 Å². The fourth-order valence-corrected chi connectivity index (χ4v) is 2.57. The number of urea groups is 1. The first-order valence-electron chi connectivity index (χ1n) is 7.04. The van der Waals surface area contributed by atoms with Crippen LogP contribution in [0.25, 0.3) is 0 Å². The van der Waals surface area contributed by atoms with Gasteiger partial charge in [-0.15, -0.1) is 0 Å². The molecular weight excluding hydrogens is 328 g/mol. The third-order valence-electron chi connectivity index (χ3n) is 3.58. The summed E-state index contributed by atoms with van der Waals surface area (Å²) >= 11 is 5.61. The lowest BCUT2D eigenvalue weighted by atomic mass is 10.00. The maximum absolute atomic E-state index is 13.8. The lowest BCUT2D eigenvalue weighted by Crippen LogP contribution is -2.51. The van der Waals surface area contributed by atoms with Gasteiger partial charge in [0.1, 0.15) is 11.6 Å². The zero-order valence-corrected chi connectivity index (χ0v) is 13.4. The van der Waals surface area contributed by atoms with Gasteiger partial charge < -0.3 is 16.0 Å². The van der Waals surface area contributed by atoms with Crippen molar-refractivity contribution in [3.8, 4) is 0 Å². The van der Waals surface area contributed by atoms with E-state index >= 15 is 0 Å². The molecule has 0 saturated carbocycles. The Hall–Kier alpha value is -2.15. The summed E-state index contributed by atoms with van der Waals surface area (Å²) in [6, 6.07) is 1.29. The Balaban J connectivity index is 2.18. The molecule has 8 heteroatoms. The number of halogens is 3. The maximum atomic E-state index is 13.8. The molecule has 3 amide bonds. The predicted octanol–water partition coefficient (Wildman–Crippen LogP) is 2.60. The summed E-state index contributed by atoms with van der Waals surface area (Å²) in [6.07, 6.45) is 0.507. The third kappa shape index (κ3) is 3.61. The molecule has 124 valence electrons. The van der Waals surface area contributed by atoms with Gasteiger partial charge in [-0.3, -0.25) is 4.79 Å². The molecular formula is C15H16ClF2N3O2. The Labute approximate surface area is 137 Å². The van der Waals surface area contributed by atoms with E-state index in [-0.39, 0.29) is 17.1 Å². The number of carbonyl (C=O) groups is 2. The molecule has 0 radical (unpaired) electrons. The molecule has 0 aliphatic carbocycles. The zero-order valence-electron chi connectivity index (χ0n) is 12.6. The second-order valence-corrected chi connectivity index (χ2v) is 5.51. The Bertz CT molecular complexity index is 692. The van der Waals surface area contributed by atoms with Gasteiger partial charge in [0, 0.05) is 17.8 Å². The molecule has 2 rings (SSSR count). The van der Waals surface area contributed by atoms with Crippen molar-refractivity contribution in [3.05, 3.63) is 45.6 Å². The molecule has 5 nitrogen and oxygen atoms in total. The lowest BCUT2D eigenvalue weighted by molar-refractivity contribution is -0.118. The molecule has 0 fully saturated rings. The molecule has 1 aromatic carbocycles. The van der Waals surface area contributed by atoms with E-state index in [1.165, 1.54) is 0 Å². The highest BCUT2D eigenvalue weighted by molar-refractivity contribution is 6.30. The zero-order chi connectivity index (χ0) is 17.1. The van der Waals surface area contributed by atoms with E-state index in [4.69, 9.17) is 11.6 Å². The molecule has 3 N–H and O–H groups in total. The number of allylic oxidation sites excluding steroid dienone is 1. The largest absolute Gasteiger partial charge is 0.348 e. The van der Waals surface area contributed by atoms with Crippen molar-refractivity contribution < 1.29 is 18.4 Å². The number of amides is 3. The molecule has 0 spiro atoms. The minimum atomic E-state index is -0.903. The number of nitrogens with one attached hydrogen (secondary N) is 3. The second kappa shape index (κ2) is 6.95. The van der Waals surface area contributed by atoms with Crippen LogP contribution in [0.15, 0.2) is 23.4 Å². The summed E-state index contributed by atoms with van der Waals surface area (Å²) in [4.78, 5) is 23.7. The molecule has 1 aliphatic rings. The maximum Gasteiger partial charge on any atom is 0.319 e. The van der Waals surface area contributed by atoms with Gasteiger partial charge in [0.15, 0.2) is 0 Å². The predicted molar refractivity (Wildman–Crippen MR) is 81.7 cm³/mol. The third-order valence-corrected chi connectivity index (χ3v) is 3.87. The van der Waals surface area contributed by atoms with Crippen molar-refractivity contribution in [2.24, 2.45) is 0 Å². The standard InChI is InChI=1S/C15H16ClF2N3O2/c1-3-11-12(7(2)20-15(23)21-11)14(22)19-6-8-10(17)5-4-9(16)13(8)18/h4-5,11H,3,6H2,1-2H3,(H,19,22)(H2,20,21,23)/t11-/m1/s1. The van der Waals surface area contributed by atoms with Crippen LogP contribution in [0.2, 0.25) is 5.02 Å². The van der Waals surface area contributed by atoms with Crippen LogP contribution < -0.4 is 16.0 Å². The minimum absolute atomic E-state index is 0.218. The van der Waals surface area contributed by atoms with Crippen LogP contribution in [0.1, 0.15) is 25.8 Å².